The average molecular weight is 278 g/mol. The quantitative estimate of drug-likeness (QED) is 0.856. The molecule has 0 radical (unpaired) electrons. The highest BCUT2D eigenvalue weighted by molar-refractivity contribution is 6.30. The van der Waals surface area contributed by atoms with Gasteiger partial charge in [0.05, 0.1) is 6.26 Å². The van der Waals surface area contributed by atoms with E-state index in [1.54, 1.807) is 6.07 Å². The number of furan rings is 1. The highest BCUT2D eigenvalue weighted by atomic mass is 35.5. The van der Waals surface area contributed by atoms with E-state index in [1.165, 1.54) is 12.3 Å². The van der Waals surface area contributed by atoms with Crippen molar-refractivity contribution in [3.63, 3.8) is 0 Å². The smallest absolute Gasteiger partial charge is 0.433 e. The number of rotatable bonds is 2. The Morgan fingerprint density at radius 1 is 1.28 bits per heavy atom. The molecule has 2 aromatic rings. The molecule has 0 aromatic carbocycles. The van der Waals surface area contributed by atoms with E-state index >= 15 is 0 Å². The molecule has 1 atom stereocenters. The minimum Gasteiger partial charge on any atom is -0.466 e. The van der Waals surface area contributed by atoms with E-state index in [2.05, 4.69) is 4.98 Å². The van der Waals surface area contributed by atoms with Crippen LogP contribution in [0, 0.1) is 0 Å². The molecule has 1 unspecified atom stereocenters. The van der Waals surface area contributed by atoms with Crippen molar-refractivity contribution >= 4 is 11.6 Å². The summed E-state index contributed by atoms with van der Waals surface area (Å²) in [5, 5.41) is 9.45. The van der Waals surface area contributed by atoms with E-state index in [0.717, 1.165) is 12.1 Å². The predicted molar refractivity (Wildman–Crippen MR) is 57.0 cm³/mol. The first kappa shape index (κ1) is 12.9. The van der Waals surface area contributed by atoms with Gasteiger partial charge in [-0.05, 0) is 18.2 Å². The summed E-state index contributed by atoms with van der Waals surface area (Å²) in [6, 6.07) is 4.86. The fourth-order valence-corrected chi connectivity index (χ4v) is 1.66. The van der Waals surface area contributed by atoms with Crippen molar-refractivity contribution in [1.29, 1.82) is 0 Å². The Labute approximate surface area is 105 Å². The topological polar surface area (TPSA) is 46.3 Å². The normalized spacial score (nSPS) is 13.6. The van der Waals surface area contributed by atoms with E-state index in [0.29, 0.717) is 0 Å². The SMILES string of the molecule is OC(c1ccco1)c1ccc(C(F)(F)F)nc1Cl. The number of pyridine rings is 1. The second-order valence-corrected chi connectivity index (χ2v) is 3.85. The van der Waals surface area contributed by atoms with Crippen molar-refractivity contribution in [2.75, 3.05) is 0 Å². The van der Waals surface area contributed by atoms with Crippen LogP contribution in [0.2, 0.25) is 5.15 Å². The molecule has 0 saturated heterocycles. The summed E-state index contributed by atoms with van der Waals surface area (Å²) in [6.45, 7) is 0. The van der Waals surface area contributed by atoms with Gasteiger partial charge in [0.2, 0.25) is 0 Å². The lowest BCUT2D eigenvalue weighted by Crippen LogP contribution is -2.10. The fraction of sp³-hybridized carbons (Fsp3) is 0.182. The number of nitrogens with zero attached hydrogens (tertiary/aromatic N) is 1. The zero-order valence-electron chi connectivity index (χ0n) is 8.78. The Balaban J connectivity index is 2.36. The number of halogens is 4. The van der Waals surface area contributed by atoms with E-state index in [4.69, 9.17) is 16.0 Å². The van der Waals surface area contributed by atoms with Crippen LogP contribution in [-0.4, -0.2) is 10.1 Å². The molecule has 0 amide bonds. The van der Waals surface area contributed by atoms with Crippen molar-refractivity contribution < 1.29 is 22.7 Å². The zero-order chi connectivity index (χ0) is 13.3. The fourth-order valence-electron chi connectivity index (χ4n) is 1.41. The van der Waals surface area contributed by atoms with Crippen molar-refractivity contribution in [3.8, 4) is 0 Å². The molecule has 2 rings (SSSR count). The van der Waals surface area contributed by atoms with Gasteiger partial charge >= 0.3 is 6.18 Å². The maximum atomic E-state index is 12.4. The summed E-state index contributed by atoms with van der Waals surface area (Å²) >= 11 is 5.63. The largest absolute Gasteiger partial charge is 0.466 e. The van der Waals surface area contributed by atoms with Gasteiger partial charge in [0.1, 0.15) is 22.7 Å². The minimum atomic E-state index is -4.57. The van der Waals surface area contributed by atoms with Gasteiger partial charge in [-0.3, -0.25) is 0 Å². The molecule has 0 fully saturated rings. The summed E-state index contributed by atoms with van der Waals surface area (Å²) in [5.41, 5.74) is -1.05. The van der Waals surface area contributed by atoms with E-state index in [9.17, 15) is 18.3 Å². The highest BCUT2D eigenvalue weighted by Crippen LogP contribution is 2.32. The maximum Gasteiger partial charge on any atom is 0.433 e. The first-order valence-electron chi connectivity index (χ1n) is 4.84. The van der Waals surface area contributed by atoms with Crippen molar-refractivity contribution in [1.82, 2.24) is 4.98 Å². The van der Waals surface area contributed by atoms with Crippen LogP contribution in [0.4, 0.5) is 13.2 Å². The summed E-state index contributed by atoms with van der Waals surface area (Å²) in [4.78, 5) is 3.21. The molecule has 0 aliphatic rings. The molecule has 0 aliphatic heterocycles. The van der Waals surface area contributed by atoms with Crippen LogP contribution in [0.15, 0.2) is 34.9 Å². The summed E-state index contributed by atoms with van der Waals surface area (Å²) < 4.78 is 42.1. The van der Waals surface area contributed by atoms with Gasteiger partial charge in [-0.25, -0.2) is 4.98 Å². The molecule has 2 heterocycles. The lowest BCUT2D eigenvalue weighted by atomic mass is 10.1. The molecule has 0 bridgehead atoms. The van der Waals surface area contributed by atoms with E-state index in [-0.39, 0.29) is 11.3 Å². The Morgan fingerprint density at radius 2 is 2.00 bits per heavy atom. The van der Waals surface area contributed by atoms with Crippen LogP contribution in [-0.2, 0) is 6.18 Å². The van der Waals surface area contributed by atoms with Crippen molar-refractivity contribution in [3.05, 3.63) is 52.7 Å². The van der Waals surface area contributed by atoms with E-state index in [1.807, 2.05) is 0 Å². The Bertz CT molecular complexity index is 540. The molecule has 0 saturated carbocycles. The van der Waals surface area contributed by atoms with Gasteiger partial charge in [-0.15, -0.1) is 0 Å². The first-order valence-corrected chi connectivity index (χ1v) is 5.22. The summed E-state index contributed by atoms with van der Waals surface area (Å²) in [5.74, 6) is 0.179. The number of alkyl halides is 3. The molecular formula is C11H7ClF3NO2. The van der Waals surface area contributed by atoms with Crippen LogP contribution >= 0.6 is 11.6 Å². The molecule has 0 aliphatic carbocycles. The lowest BCUT2D eigenvalue weighted by Gasteiger charge is -2.12. The monoisotopic (exact) mass is 277 g/mol. The van der Waals surface area contributed by atoms with Gasteiger partial charge in [0.15, 0.2) is 0 Å². The first-order chi connectivity index (χ1) is 8.39. The Morgan fingerprint density at radius 3 is 2.50 bits per heavy atom. The molecule has 3 nitrogen and oxygen atoms in total. The van der Waals surface area contributed by atoms with Crippen LogP contribution in [0.1, 0.15) is 23.1 Å². The van der Waals surface area contributed by atoms with E-state index < -0.39 is 23.1 Å². The van der Waals surface area contributed by atoms with Crippen molar-refractivity contribution in [2.24, 2.45) is 0 Å². The van der Waals surface area contributed by atoms with Crippen LogP contribution in [0.3, 0.4) is 0 Å². The summed E-state index contributed by atoms with van der Waals surface area (Å²) in [7, 11) is 0. The number of aliphatic hydroxyl groups excluding tert-OH is 1. The third-order valence-electron chi connectivity index (χ3n) is 2.28. The second kappa shape index (κ2) is 4.62. The van der Waals surface area contributed by atoms with Gasteiger partial charge in [-0.2, -0.15) is 13.2 Å². The van der Waals surface area contributed by atoms with Gasteiger partial charge < -0.3 is 9.52 Å². The maximum absolute atomic E-state index is 12.4. The molecule has 1 N–H and O–H groups in total. The highest BCUT2D eigenvalue weighted by Gasteiger charge is 2.33. The zero-order valence-corrected chi connectivity index (χ0v) is 9.53. The minimum absolute atomic E-state index is 0.0552. The summed E-state index contributed by atoms with van der Waals surface area (Å²) in [6.07, 6.45) is -4.48. The Kier molecular flexibility index (Phi) is 3.32. The molecule has 7 heteroatoms. The Hall–Kier alpha value is -1.53. The molecular weight excluding hydrogens is 271 g/mol. The number of aromatic nitrogens is 1. The second-order valence-electron chi connectivity index (χ2n) is 3.49. The number of aliphatic hydroxyl groups is 1. The molecule has 96 valence electrons. The van der Waals surface area contributed by atoms with Crippen molar-refractivity contribution in [2.45, 2.75) is 12.3 Å². The van der Waals surface area contributed by atoms with Gasteiger partial charge in [0.25, 0.3) is 0 Å². The average Bonchev–Trinajstić information content (AvgIpc) is 2.80. The van der Waals surface area contributed by atoms with Gasteiger partial charge in [0, 0.05) is 5.56 Å². The molecule has 18 heavy (non-hydrogen) atoms. The molecule has 0 spiro atoms. The third-order valence-corrected chi connectivity index (χ3v) is 2.58. The van der Waals surface area contributed by atoms with Gasteiger partial charge in [-0.1, -0.05) is 17.7 Å². The standard InChI is InChI=1S/C11H7ClF3NO2/c12-10-6(9(17)7-2-1-5-18-7)3-4-8(16-10)11(13,14)15/h1-5,9,17H. The van der Waals surface area contributed by atoms with Crippen LogP contribution in [0.25, 0.3) is 0 Å². The lowest BCUT2D eigenvalue weighted by molar-refractivity contribution is -0.141. The third kappa shape index (κ3) is 2.49. The number of hydrogen-bond donors (Lipinski definition) is 1. The predicted octanol–water partition coefficient (Wildman–Crippen LogP) is 3.43. The van der Waals surface area contributed by atoms with Crippen LogP contribution < -0.4 is 0 Å². The molecule has 2 aromatic heterocycles. The number of hydrogen-bond acceptors (Lipinski definition) is 3. The van der Waals surface area contributed by atoms with Crippen LogP contribution in [0.5, 0.6) is 0 Å².